The quantitative estimate of drug-likeness (QED) is 0.558. The topological polar surface area (TPSA) is 94.0 Å². The number of nitrogens with one attached hydrogen (secondary N) is 2. The predicted molar refractivity (Wildman–Crippen MR) is 95.1 cm³/mol. The first-order chi connectivity index (χ1) is 12.3. The van der Waals surface area contributed by atoms with E-state index >= 15 is 0 Å². The first-order valence-corrected chi connectivity index (χ1v) is 8.50. The predicted octanol–water partition coefficient (Wildman–Crippen LogP) is 3.56. The molecule has 0 saturated carbocycles. The van der Waals surface area contributed by atoms with Crippen molar-refractivity contribution in [3.05, 3.63) is 40.8 Å². The fourth-order valence-electron chi connectivity index (χ4n) is 4.03. The molecule has 3 aromatic heterocycles. The van der Waals surface area contributed by atoms with Crippen LogP contribution in [0.2, 0.25) is 0 Å². The lowest BCUT2D eigenvalue weighted by Gasteiger charge is -2.21. The molecule has 6 nitrogen and oxygen atoms in total. The van der Waals surface area contributed by atoms with Gasteiger partial charge in [-0.25, -0.2) is 4.98 Å². The number of hydrogen-bond acceptors (Lipinski definition) is 4. The first kappa shape index (κ1) is 14.2. The molecule has 3 heterocycles. The van der Waals surface area contributed by atoms with Crippen molar-refractivity contribution in [3.63, 3.8) is 0 Å². The summed E-state index contributed by atoms with van der Waals surface area (Å²) in [5.74, 6) is 0. The molecule has 0 spiro atoms. The Bertz CT molecular complexity index is 1170. The fourth-order valence-corrected chi connectivity index (χ4v) is 4.03. The molecule has 25 heavy (non-hydrogen) atoms. The Hall–Kier alpha value is -3.20. The molecule has 1 aliphatic carbocycles. The molecule has 0 aliphatic heterocycles. The number of benzene rings is 1. The van der Waals surface area contributed by atoms with Gasteiger partial charge < -0.3 is 0 Å². The van der Waals surface area contributed by atoms with Crippen LogP contribution < -0.4 is 0 Å². The second kappa shape index (κ2) is 5.15. The number of aromatic amines is 2. The lowest BCUT2D eigenvalue weighted by atomic mass is 9.85. The van der Waals surface area contributed by atoms with Gasteiger partial charge in [0, 0.05) is 22.5 Å². The van der Waals surface area contributed by atoms with Crippen LogP contribution in [-0.4, -0.2) is 25.4 Å². The highest BCUT2D eigenvalue weighted by Gasteiger charge is 2.24. The fraction of sp³-hybridized carbons (Fsp3) is 0.263. The van der Waals surface area contributed by atoms with Crippen LogP contribution in [-0.2, 0) is 12.8 Å². The lowest BCUT2D eigenvalue weighted by molar-refractivity contribution is 0.689. The maximum Gasteiger partial charge on any atom is 0.102 e. The third kappa shape index (κ3) is 1.92. The number of rotatable bonds is 1. The summed E-state index contributed by atoms with van der Waals surface area (Å²) in [5.41, 5.74) is 7.78. The Kier molecular flexibility index (Phi) is 2.92. The lowest BCUT2D eigenvalue weighted by Crippen LogP contribution is -2.08. The van der Waals surface area contributed by atoms with Crippen LogP contribution >= 0.6 is 0 Å². The van der Waals surface area contributed by atoms with Crippen molar-refractivity contribution >= 4 is 21.8 Å². The highest BCUT2D eigenvalue weighted by Crippen LogP contribution is 2.39. The first-order valence-electron chi connectivity index (χ1n) is 8.50. The summed E-state index contributed by atoms with van der Waals surface area (Å²) in [6.45, 7) is 1.98. The average Bonchev–Trinajstić information content (AvgIpc) is 3.28. The van der Waals surface area contributed by atoms with Gasteiger partial charge in [0.15, 0.2) is 0 Å². The average molecular weight is 328 g/mol. The molecule has 0 amide bonds. The van der Waals surface area contributed by atoms with Gasteiger partial charge in [0.1, 0.15) is 6.07 Å². The van der Waals surface area contributed by atoms with Crippen molar-refractivity contribution in [2.24, 2.45) is 0 Å². The number of H-pyrrole nitrogens is 2. The second-order valence-corrected chi connectivity index (χ2v) is 6.60. The third-order valence-corrected chi connectivity index (χ3v) is 5.20. The Morgan fingerprint density at radius 3 is 2.80 bits per heavy atom. The van der Waals surface area contributed by atoms with Crippen molar-refractivity contribution in [1.29, 1.82) is 5.26 Å². The van der Waals surface area contributed by atoms with Crippen molar-refractivity contribution in [2.45, 2.75) is 32.6 Å². The molecule has 5 rings (SSSR count). The summed E-state index contributed by atoms with van der Waals surface area (Å²) >= 11 is 0. The Morgan fingerprint density at radius 1 is 1.20 bits per heavy atom. The van der Waals surface area contributed by atoms with Gasteiger partial charge in [-0.15, -0.1) is 0 Å². The van der Waals surface area contributed by atoms with Crippen molar-refractivity contribution in [1.82, 2.24) is 25.4 Å². The van der Waals surface area contributed by atoms with E-state index in [1.165, 1.54) is 11.1 Å². The Labute approximate surface area is 143 Å². The van der Waals surface area contributed by atoms with Crippen LogP contribution in [0.1, 0.15) is 35.2 Å². The molecule has 0 bridgehead atoms. The van der Waals surface area contributed by atoms with Gasteiger partial charge in [-0.1, -0.05) is 0 Å². The molecule has 0 radical (unpaired) electrons. The van der Waals surface area contributed by atoms with E-state index in [0.29, 0.717) is 5.56 Å². The van der Waals surface area contributed by atoms with Crippen molar-refractivity contribution in [2.75, 3.05) is 0 Å². The molecule has 4 aromatic rings. The second-order valence-electron chi connectivity index (χ2n) is 6.60. The number of aromatic nitrogens is 5. The van der Waals surface area contributed by atoms with Crippen LogP contribution in [0.5, 0.6) is 0 Å². The molecule has 0 saturated heterocycles. The summed E-state index contributed by atoms with van der Waals surface area (Å²) in [6, 6.07) is 4.16. The number of aryl methyl sites for hydroxylation is 2. The summed E-state index contributed by atoms with van der Waals surface area (Å²) < 4.78 is 0. The largest absolute Gasteiger partial charge is 0.285 e. The van der Waals surface area contributed by atoms with Crippen LogP contribution in [0.3, 0.4) is 0 Å². The van der Waals surface area contributed by atoms with Gasteiger partial charge in [0.25, 0.3) is 0 Å². The minimum atomic E-state index is 0.586. The molecule has 1 aliphatic rings. The van der Waals surface area contributed by atoms with Gasteiger partial charge in [0.05, 0.1) is 34.2 Å². The van der Waals surface area contributed by atoms with Crippen LogP contribution in [0.25, 0.3) is 33.1 Å². The van der Waals surface area contributed by atoms with E-state index < -0.39 is 0 Å². The van der Waals surface area contributed by atoms with E-state index in [-0.39, 0.29) is 0 Å². The number of hydrogen-bond donors (Lipinski definition) is 2. The standard InChI is InChI=1S/C19H16N6/c1-10-14(8-21-24-10)19-13-5-3-2-4-12(13)17-15-9-22-25-16(15)6-11(7-20)18(17)23-19/h6,8-9H,2-5H2,1H3,(H,21,24)(H,22,25). The van der Waals surface area contributed by atoms with E-state index in [1.54, 1.807) is 0 Å². The molecular formula is C19H16N6. The van der Waals surface area contributed by atoms with Crippen LogP contribution in [0.15, 0.2) is 18.5 Å². The van der Waals surface area contributed by atoms with Gasteiger partial charge in [-0.05, 0) is 49.8 Å². The van der Waals surface area contributed by atoms with E-state index in [0.717, 1.165) is 64.4 Å². The molecule has 122 valence electrons. The molecule has 0 fully saturated rings. The number of fused-ring (bicyclic) bond motifs is 5. The van der Waals surface area contributed by atoms with E-state index in [4.69, 9.17) is 4.98 Å². The van der Waals surface area contributed by atoms with Crippen LogP contribution in [0, 0.1) is 18.3 Å². The SMILES string of the molecule is Cc1n[nH]cc1-c1nc2c(C#N)cc3[nH]ncc3c2c2c1CCCC2. The van der Waals surface area contributed by atoms with Crippen LogP contribution in [0.4, 0.5) is 0 Å². The highest BCUT2D eigenvalue weighted by atomic mass is 15.1. The molecule has 1 aromatic carbocycles. The van der Waals surface area contributed by atoms with Gasteiger partial charge in [-0.2, -0.15) is 15.5 Å². The third-order valence-electron chi connectivity index (χ3n) is 5.20. The maximum absolute atomic E-state index is 9.67. The molecule has 0 unspecified atom stereocenters. The van der Waals surface area contributed by atoms with Gasteiger partial charge in [-0.3, -0.25) is 10.2 Å². The molecule has 2 N–H and O–H groups in total. The minimum Gasteiger partial charge on any atom is -0.285 e. The summed E-state index contributed by atoms with van der Waals surface area (Å²) in [7, 11) is 0. The number of nitrogens with zero attached hydrogens (tertiary/aromatic N) is 4. The normalized spacial score (nSPS) is 13.9. The van der Waals surface area contributed by atoms with E-state index in [2.05, 4.69) is 26.5 Å². The summed E-state index contributed by atoms with van der Waals surface area (Å²) in [4.78, 5) is 4.97. The smallest absolute Gasteiger partial charge is 0.102 e. The molecular weight excluding hydrogens is 312 g/mol. The molecule has 6 heteroatoms. The Morgan fingerprint density at radius 2 is 2.04 bits per heavy atom. The molecule has 0 atom stereocenters. The zero-order chi connectivity index (χ0) is 17.0. The summed E-state index contributed by atoms with van der Waals surface area (Å²) in [6.07, 6.45) is 8.09. The zero-order valence-corrected chi connectivity index (χ0v) is 13.8. The highest BCUT2D eigenvalue weighted by molar-refractivity contribution is 6.10. The summed E-state index contributed by atoms with van der Waals surface area (Å²) in [5, 5.41) is 26.2. The van der Waals surface area contributed by atoms with E-state index in [1.807, 2.05) is 25.4 Å². The Balaban J connectivity index is 2.00. The van der Waals surface area contributed by atoms with Gasteiger partial charge >= 0.3 is 0 Å². The van der Waals surface area contributed by atoms with E-state index in [9.17, 15) is 5.26 Å². The van der Waals surface area contributed by atoms with Gasteiger partial charge in [0.2, 0.25) is 0 Å². The monoisotopic (exact) mass is 328 g/mol. The number of nitriles is 1. The minimum absolute atomic E-state index is 0.586. The maximum atomic E-state index is 9.67. The number of pyridine rings is 1. The zero-order valence-electron chi connectivity index (χ0n) is 13.8. The van der Waals surface area contributed by atoms with Crippen molar-refractivity contribution in [3.8, 4) is 17.3 Å². The van der Waals surface area contributed by atoms with Crippen molar-refractivity contribution < 1.29 is 0 Å².